The molecule has 2 amide bonds. The molecule has 0 atom stereocenters. The molecule has 3 rings (SSSR count). The minimum absolute atomic E-state index is 0.0278. The van der Waals surface area contributed by atoms with Gasteiger partial charge in [0.05, 0.1) is 7.11 Å². The number of urea groups is 1. The van der Waals surface area contributed by atoms with Gasteiger partial charge in [0.2, 0.25) is 0 Å². The van der Waals surface area contributed by atoms with E-state index in [1.54, 1.807) is 12.1 Å². The average Bonchev–Trinajstić information content (AvgIpc) is 2.84. The average molecular weight is 456 g/mol. The summed E-state index contributed by atoms with van der Waals surface area (Å²) >= 11 is 0. The summed E-state index contributed by atoms with van der Waals surface area (Å²) in [6.07, 6.45) is 5.71. The van der Waals surface area contributed by atoms with Crippen LogP contribution in [0.3, 0.4) is 0 Å². The van der Waals surface area contributed by atoms with Gasteiger partial charge in [-0.05, 0) is 56.0 Å². The number of methoxy groups -OCH3 is 1. The van der Waals surface area contributed by atoms with Gasteiger partial charge in [0.1, 0.15) is 5.82 Å². The molecule has 0 aliphatic carbocycles. The van der Waals surface area contributed by atoms with Crippen LogP contribution in [0, 0.1) is 5.82 Å². The summed E-state index contributed by atoms with van der Waals surface area (Å²) in [5, 5.41) is 3.01. The van der Waals surface area contributed by atoms with Crippen LogP contribution in [-0.2, 0) is 9.53 Å². The number of nitrogens with one attached hydrogen (secondary N) is 1. The number of para-hydroxylation sites is 1. The summed E-state index contributed by atoms with van der Waals surface area (Å²) in [5.41, 5.74) is 1.86. The summed E-state index contributed by atoms with van der Waals surface area (Å²) in [5.74, 6) is -0.425. The lowest BCUT2D eigenvalue weighted by Gasteiger charge is -2.40. The van der Waals surface area contributed by atoms with E-state index in [9.17, 15) is 14.0 Å². The monoisotopic (exact) mass is 455 g/mol. The van der Waals surface area contributed by atoms with Gasteiger partial charge < -0.3 is 19.9 Å². The Hall–Kier alpha value is -3.09. The highest BCUT2D eigenvalue weighted by molar-refractivity contribution is 5.74. The molecule has 0 unspecified atom stereocenters. The van der Waals surface area contributed by atoms with E-state index in [0.29, 0.717) is 26.1 Å². The van der Waals surface area contributed by atoms with Crippen molar-refractivity contribution in [2.75, 3.05) is 31.6 Å². The van der Waals surface area contributed by atoms with Gasteiger partial charge in [0.25, 0.3) is 0 Å². The smallest absolute Gasteiger partial charge is 0.317 e. The topological polar surface area (TPSA) is 61.9 Å². The summed E-state index contributed by atoms with van der Waals surface area (Å²) in [4.78, 5) is 27.7. The second kappa shape index (κ2) is 12.8. The van der Waals surface area contributed by atoms with Gasteiger partial charge in [-0.1, -0.05) is 37.1 Å². The van der Waals surface area contributed by atoms with Crippen molar-refractivity contribution in [3.05, 3.63) is 60.4 Å². The highest BCUT2D eigenvalue weighted by Gasteiger charge is 2.28. The Morgan fingerprint density at radius 3 is 2.39 bits per heavy atom. The minimum Gasteiger partial charge on any atom is -0.469 e. The Balaban J connectivity index is 1.46. The first-order valence-corrected chi connectivity index (χ1v) is 11.8. The zero-order valence-corrected chi connectivity index (χ0v) is 19.3. The first-order valence-electron chi connectivity index (χ1n) is 11.8. The number of nitrogens with zero attached hydrogens (tertiary/aromatic N) is 2. The fraction of sp³-hybridized carbons (Fsp3) is 0.462. The molecular formula is C26H34FN3O3. The molecule has 1 heterocycles. The molecular weight excluding hydrogens is 421 g/mol. The number of likely N-dealkylation sites (tertiary alicyclic amines) is 1. The highest BCUT2D eigenvalue weighted by atomic mass is 19.1. The maximum Gasteiger partial charge on any atom is 0.317 e. The van der Waals surface area contributed by atoms with E-state index in [0.717, 1.165) is 49.9 Å². The predicted octanol–water partition coefficient (Wildman–Crippen LogP) is 5.26. The molecule has 0 spiro atoms. The van der Waals surface area contributed by atoms with Crippen molar-refractivity contribution in [1.82, 2.24) is 10.2 Å². The number of unbranched alkanes of at least 4 members (excludes halogenated alkanes) is 3. The summed E-state index contributed by atoms with van der Waals surface area (Å²) in [6.45, 7) is 1.96. The van der Waals surface area contributed by atoms with Gasteiger partial charge in [-0.25, -0.2) is 9.18 Å². The minimum atomic E-state index is -0.254. The summed E-state index contributed by atoms with van der Waals surface area (Å²) < 4.78 is 18.6. The maximum atomic E-state index is 13.9. The SMILES string of the molecule is COC(=O)CCCCCCNC(=O)N1CCC(N(c2ccccc2)c2cccc(F)c2)CC1. The molecule has 0 aromatic heterocycles. The van der Waals surface area contributed by atoms with E-state index in [2.05, 4.69) is 15.0 Å². The molecule has 0 saturated carbocycles. The molecule has 1 aliphatic rings. The van der Waals surface area contributed by atoms with E-state index >= 15 is 0 Å². The third kappa shape index (κ3) is 7.48. The van der Waals surface area contributed by atoms with Crippen LogP contribution >= 0.6 is 0 Å². The Kier molecular flexibility index (Phi) is 9.54. The van der Waals surface area contributed by atoms with Crippen molar-refractivity contribution >= 4 is 23.4 Å². The number of rotatable bonds is 10. The predicted molar refractivity (Wildman–Crippen MR) is 128 cm³/mol. The summed E-state index contributed by atoms with van der Waals surface area (Å²) in [6, 6.07) is 16.9. The van der Waals surface area contributed by atoms with Crippen LogP contribution in [0.4, 0.5) is 20.6 Å². The van der Waals surface area contributed by atoms with Crippen molar-refractivity contribution in [3.63, 3.8) is 0 Å². The van der Waals surface area contributed by atoms with Crippen LogP contribution in [-0.4, -0.2) is 49.7 Å². The van der Waals surface area contributed by atoms with Gasteiger partial charge in [-0.2, -0.15) is 0 Å². The van der Waals surface area contributed by atoms with Crippen molar-refractivity contribution in [1.29, 1.82) is 0 Å². The van der Waals surface area contributed by atoms with Crippen molar-refractivity contribution in [2.45, 2.75) is 51.0 Å². The van der Waals surface area contributed by atoms with Crippen LogP contribution in [0.1, 0.15) is 44.9 Å². The van der Waals surface area contributed by atoms with Crippen LogP contribution in [0.15, 0.2) is 54.6 Å². The van der Waals surface area contributed by atoms with Gasteiger partial charge in [-0.3, -0.25) is 4.79 Å². The van der Waals surface area contributed by atoms with E-state index < -0.39 is 0 Å². The number of amides is 2. The third-order valence-electron chi connectivity index (χ3n) is 6.05. The Labute approximate surface area is 195 Å². The highest BCUT2D eigenvalue weighted by Crippen LogP contribution is 2.32. The van der Waals surface area contributed by atoms with Crippen molar-refractivity contribution < 1.29 is 18.7 Å². The van der Waals surface area contributed by atoms with E-state index in [-0.39, 0.29) is 23.9 Å². The number of carbonyl (C=O) groups is 2. The Morgan fingerprint density at radius 2 is 1.70 bits per heavy atom. The number of anilines is 2. The van der Waals surface area contributed by atoms with Crippen molar-refractivity contribution in [3.8, 4) is 0 Å². The molecule has 1 fully saturated rings. The van der Waals surface area contributed by atoms with Crippen molar-refractivity contribution in [2.24, 2.45) is 0 Å². The molecule has 7 heteroatoms. The lowest BCUT2D eigenvalue weighted by molar-refractivity contribution is -0.140. The van der Waals surface area contributed by atoms with Crippen LogP contribution in [0.2, 0.25) is 0 Å². The quantitative estimate of drug-likeness (QED) is 0.392. The molecule has 1 aliphatic heterocycles. The number of esters is 1. The second-order valence-electron chi connectivity index (χ2n) is 8.38. The van der Waals surface area contributed by atoms with E-state index in [1.165, 1.54) is 13.2 Å². The largest absolute Gasteiger partial charge is 0.469 e. The lowest BCUT2D eigenvalue weighted by atomic mass is 10.0. The Morgan fingerprint density at radius 1 is 1.00 bits per heavy atom. The normalized spacial score (nSPS) is 14.1. The van der Waals surface area contributed by atoms with Gasteiger partial charge >= 0.3 is 12.0 Å². The molecule has 1 N–H and O–H groups in total. The number of piperidine rings is 1. The van der Waals surface area contributed by atoms with E-state index in [4.69, 9.17) is 0 Å². The standard InChI is InChI=1S/C26H34FN3O3/c1-33-25(31)14-7-2-3-8-17-28-26(32)29-18-15-23(16-19-29)30(22-11-5-4-6-12-22)24-13-9-10-21(27)20-24/h4-6,9-13,20,23H,2-3,7-8,14-19H2,1H3,(H,28,32). The zero-order valence-electron chi connectivity index (χ0n) is 19.3. The Bertz CT molecular complexity index is 885. The molecule has 178 valence electrons. The van der Waals surface area contributed by atoms with Gasteiger partial charge in [0.15, 0.2) is 0 Å². The molecule has 0 radical (unpaired) electrons. The molecule has 6 nitrogen and oxygen atoms in total. The zero-order chi connectivity index (χ0) is 23.5. The first-order chi connectivity index (χ1) is 16.1. The van der Waals surface area contributed by atoms with Crippen LogP contribution in [0.25, 0.3) is 0 Å². The van der Waals surface area contributed by atoms with Gasteiger partial charge in [-0.15, -0.1) is 0 Å². The molecule has 2 aromatic carbocycles. The van der Waals surface area contributed by atoms with Crippen LogP contribution in [0.5, 0.6) is 0 Å². The summed E-state index contributed by atoms with van der Waals surface area (Å²) in [7, 11) is 1.40. The number of hydrogen-bond donors (Lipinski definition) is 1. The number of benzene rings is 2. The number of ether oxygens (including phenoxy) is 1. The fourth-order valence-corrected chi connectivity index (χ4v) is 4.27. The van der Waals surface area contributed by atoms with E-state index in [1.807, 2.05) is 41.3 Å². The lowest BCUT2D eigenvalue weighted by Crippen LogP contribution is -2.48. The molecule has 2 aromatic rings. The second-order valence-corrected chi connectivity index (χ2v) is 8.38. The third-order valence-corrected chi connectivity index (χ3v) is 6.05. The molecule has 0 bridgehead atoms. The maximum absolute atomic E-state index is 13.9. The number of halogens is 1. The fourth-order valence-electron chi connectivity index (χ4n) is 4.27. The molecule has 33 heavy (non-hydrogen) atoms. The number of hydrogen-bond acceptors (Lipinski definition) is 4. The molecule has 1 saturated heterocycles. The van der Waals surface area contributed by atoms with Crippen LogP contribution < -0.4 is 10.2 Å². The first kappa shape index (κ1) is 24.6. The number of carbonyl (C=O) groups excluding carboxylic acids is 2. The van der Waals surface area contributed by atoms with Gasteiger partial charge in [0, 0.05) is 43.5 Å².